The molecule has 1 aliphatic heterocycles. The number of aromatic nitrogens is 4. The normalized spacial score (nSPS) is 18.7. The average molecular weight is 264 g/mol. The van der Waals surface area contributed by atoms with Crippen LogP contribution >= 0.6 is 0 Å². The third-order valence-electron chi connectivity index (χ3n) is 3.39. The van der Waals surface area contributed by atoms with Crippen LogP contribution in [0.5, 0.6) is 0 Å². The Labute approximate surface area is 115 Å². The second-order valence-corrected chi connectivity index (χ2v) is 6.04. The van der Waals surface area contributed by atoms with E-state index in [1.807, 2.05) is 10.8 Å². The van der Waals surface area contributed by atoms with Gasteiger partial charge in [0.25, 0.3) is 0 Å². The lowest BCUT2D eigenvalue weighted by molar-refractivity contribution is 0.130. The first-order valence-electron chi connectivity index (χ1n) is 6.84. The van der Waals surface area contributed by atoms with Crippen LogP contribution in [0.2, 0.25) is 0 Å². The van der Waals surface area contributed by atoms with Crippen molar-refractivity contribution in [2.75, 3.05) is 32.7 Å². The zero-order valence-corrected chi connectivity index (χ0v) is 12.2. The number of hydrogen-bond donors (Lipinski definition) is 0. The summed E-state index contributed by atoms with van der Waals surface area (Å²) >= 11 is 0. The molecular formula is C13H24N6. The molecular weight excluding hydrogens is 240 g/mol. The van der Waals surface area contributed by atoms with E-state index in [-0.39, 0.29) is 5.54 Å². The molecule has 1 saturated heterocycles. The summed E-state index contributed by atoms with van der Waals surface area (Å²) in [6, 6.07) is 0. The van der Waals surface area contributed by atoms with Crippen LogP contribution in [0.3, 0.4) is 0 Å². The molecule has 106 valence electrons. The van der Waals surface area contributed by atoms with Gasteiger partial charge >= 0.3 is 0 Å². The maximum Gasteiger partial charge on any atom is 0.165 e. The average Bonchev–Trinajstić information content (AvgIpc) is 2.80. The topological polar surface area (TPSA) is 50.1 Å². The van der Waals surface area contributed by atoms with E-state index in [0.29, 0.717) is 0 Å². The van der Waals surface area contributed by atoms with Gasteiger partial charge in [-0.2, -0.15) is 0 Å². The first-order valence-corrected chi connectivity index (χ1v) is 6.84. The molecule has 2 rings (SSSR count). The number of hydrogen-bond acceptors (Lipinski definition) is 5. The number of rotatable bonds is 4. The monoisotopic (exact) mass is 264 g/mol. The maximum absolute atomic E-state index is 4.16. The Kier molecular flexibility index (Phi) is 4.31. The molecule has 1 fully saturated rings. The zero-order valence-electron chi connectivity index (χ0n) is 12.2. The van der Waals surface area contributed by atoms with Crippen LogP contribution in [0.15, 0.2) is 12.7 Å². The van der Waals surface area contributed by atoms with Gasteiger partial charge in [-0.15, -0.1) is 11.7 Å². The van der Waals surface area contributed by atoms with Crippen LogP contribution in [-0.4, -0.2) is 62.7 Å². The summed E-state index contributed by atoms with van der Waals surface area (Å²) in [5.74, 6) is 0.949. The fourth-order valence-corrected chi connectivity index (χ4v) is 2.34. The van der Waals surface area contributed by atoms with Crippen molar-refractivity contribution in [1.82, 2.24) is 30.0 Å². The Balaban J connectivity index is 1.93. The molecule has 2 heterocycles. The third-order valence-corrected chi connectivity index (χ3v) is 3.39. The highest BCUT2D eigenvalue weighted by Crippen LogP contribution is 2.15. The van der Waals surface area contributed by atoms with E-state index >= 15 is 0 Å². The Morgan fingerprint density at radius 2 is 1.79 bits per heavy atom. The Morgan fingerprint density at radius 3 is 2.37 bits per heavy atom. The van der Waals surface area contributed by atoms with Crippen LogP contribution in [-0.2, 0) is 12.1 Å². The van der Waals surface area contributed by atoms with Crippen LogP contribution in [0.25, 0.3) is 0 Å². The van der Waals surface area contributed by atoms with E-state index in [1.165, 1.54) is 0 Å². The smallest absolute Gasteiger partial charge is 0.165 e. The molecule has 0 unspecified atom stereocenters. The standard InChI is InChI=1S/C13H24N6/c1-5-6-17-7-9-18(10-8-17)11-12-14-15-16-19(12)13(2,3)4/h5H,1,6-11H2,2-4H3. The van der Waals surface area contributed by atoms with Crippen LogP contribution in [0, 0.1) is 0 Å². The van der Waals surface area contributed by atoms with Gasteiger partial charge in [0.15, 0.2) is 5.82 Å². The molecule has 1 aliphatic rings. The molecule has 0 N–H and O–H groups in total. The zero-order chi connectivity index (χ0) is 13.9. The predicted molar refractivity (Wildman–Crippen MR) is 74.7 cm³/mol. The molecule has 0 aliphatic carbocycles. The van der Waals surface area contributed by atoms with E-state index in [1.54, 1.807) is 0 Å². The van der Waals surface area contributed by atoms with E-state index in [9.17, 15) is 0 Å². The van der Waals surface area contributed by atoms with Gasteiger partial charge < -0.3 is 0 Å². The minimum Gasteiger partial charge on any atom is -0.297 e. The molecule has 0 radical (unpaired) electrons. The van der Waals surface area contributed by atoms with Crippen LogP contribution in [0.4, 0.5) is 0 Å². The van der Waals surface area contributed by atoms with Crippen LogP contribution in [0.1, 0.15) is 26.6 Å². The number of nitrogens with zero attached hydrogens (tertiary/aromatic N) is 6. The molecule has 19 heavy (non-hydrogen) atoms. The molecule has 0 atom stereocenters. The Hall–Kier alpha value is -1.27. The molecule has 0 bridgehead atoms. The van der Waals surface area contributed by atoms with Crippen molar-refractivity contribution < 1.29 is 0 Å². The molecule has 6 nitrogen and oxygen atoms in total. The van der Waals surface area contributed by atoms with Crippen molar-refractivity contribution in [3.63, 3.8) is 0 Å². The lowest BCUT2D eigenvalue weighted by Crippen LogP contribution is -2.46. The molecule has 1 aromatic rings. The summed E-state index contributed by atoms with van der Waals surface area (Å²) in [5, 5.41) is 12.1. The van der Waals surface area contributed by atoms with Crippen molar-refractivity contribution >= 4 is 0 Å². The maximum atomic E-state index is 4.16. The summed E-state index contributed by atoms with van der Waals surface area (Å²) in [7, 11) is 0. The molecule has 0 saturated carbocycles. The highest BCUT2D eigenvalue weighted by molar-refractivity contribution is 4.89. The fourth-order valence-electron chi connectivity index (χ4n) is 2.34. The summed E-state index contributed by atoms with van der Waals surface area (Å²) in [6.07, 6.45) is 1.97. The molecule has 0 spiro atoms. The summed E-state index contributed by atoms with van der Waals surface area (Å²) in [6.45, 7) is 16.2. The van der Waals surface area contributed by atoms with Gasteiger partial charge in [0, 0.05) is 32.7 Å². The van der Waals surface area contributed by atoms with Gasteiger partial charge in [-0.1, -0.05) is 6.08 Å². The summed E-state index contributed by atoms with van der Waals surface area (Å²) in [5.41, 5.74) is -0.0660. The molecule has 6 heteroatoms. The highest BCUT2D eigenvalue weighted by atomic mass is 15.6. The summed E-state index contributed by atoms with van der Waals surface area (Å²) in [4.78, 5) is 4.82. The van der Waals surface area contributed by atoms with E-state index < -0.39 is 0 Å². The van der Waals surface area contributed by atoms with Crippen molar-refractivity contribution in [1.29, 1.82) is 0 Å². The van der Waals surface area contributed by atoms with Crippen molar-refractivity contribution in [3.05, 3.63) is 18.5 Å². The number of piperazine rings is 1. The first kappa shape index (κ1) is 14.1. The van der Waals surface area contributed by atoms with Crippen molar-refractivity contribution in [2.45, 2.75) is 32.9 Å². The third kappa shape index (κ3) is 3.61. The lowest BCUT2D eigenvalue weighted by atomic mass is 10.1. The second kappa shape index (κ2) is 5.79. The van der Waals surface area contributed by atoms with Gasteiger partial charge in [0.05, 0.1) is 12.1 Å². The van der Waals surface area contributed by atoms with Gasteiger partial charge in [-0.3, -0.25) is 9.80 Å². The van der Waals surface area contributed by atoms with E-state index in [2.05, 4.69) is 52.7 Å². The largest absolute Gasteiger partial charge is 0.297 e. The minimum atomic E-state index is -0.0660. The highest BCUT2D eigenvalue weighted by Gasteiger charge is 2.23. The predicted octanol–water partition coefficient (Wildman–Crippen LogP) is 0.732. The van der Waals surface area contributed by atoms with E-state index in [4.69, 9.17) is 0 Å². The fraction of sp³-hybridized carbons (Fsp3) is 0.769. The summed E-state index contributed by atoms with van der Waals surface area (Å²) < 4.78 is 1.92. The number of tetrazole rings is 1. The van der Waals surface area contributed by atoms with Gasteiger partial charge in [-0.05, 0) is 31.2 Å². The first-order chi connectivity index (χ1) is 9.00. The Bertz CT molecular complexity index is 411. The van der Waals surface area contributed by atoms with Gasteiger partial charge in [-0.25, -0.2) is 4.68 Å². The lowest BCUT2D eigenvalue weighted by Gasteiger charge is -2.34. The Morgan fingerprint density at radius 1 is 1.16 bits per heavy atom. The SMILES string of the molecule is C=CCN1CCN(Cc2nnnn2C(C)(C)C)CC1. The molecule has 0 aromatic carbocycles. The quantitative estimate of drug-likeness (QED) is 0.751. The molecule has 1 aromatic heterocycles. The van der Waals surface area contributed by atoms with E-state index in [0.717, 1.165) is 45.1 Å². The minimum absolute atomic E-state index is 0.0660. The van der Waals surface area contributed by atoms with Crippen molar-refractivity contribution in [2.24, 2.45) is 0 Å². The molecule has 0 amide bonds. The van der Waals surface area contributed by atoms with Crippen molar-refractivity contribution in [3.8, 4) is 0 Å². The second-order valence-electron chi connectivity index (χ2n) is 6.04. The van der Waals surface area contributed by atoms with Gasteiger partial charge in [0.1, 0.15) is 0 Å². The van der Waals surface area contributed by atoms with Crippen LogP contribution < -0.4 is 0 Å². The van der Waals surface area contributed by atoms with Gasteiger partial charge in [0.2, 0.25) is 0 Å².